The van der Waals surface area contributed by atoms with Gasteiger partial charge in [-0.1, -0.05) is 12.1 Å². The third-order valence-electron chi connectivity index (χ3n) is 4.04. The quantitative estimate of drug-likeness (QED) is 0.917. The van der Waals surface area contributed by atoms with Crippen LogP contribution in [0.4, 0.5) is 0 Å². The fourth-order valence-electron chi connectivity index (χ4n) is 2.88. The molecule has 1 aromatic rings. The molecule has 1 aliphatic rings. The van der Waals surface area contributed by atoms with E-state index in [-0.39, 0.29) is 24.3 Å². The molecule has 0 amide bonds. The molecule has 0 radical (unpaired) electrons. The van der Waals surface area contributed by atoms with Crippen LogP contribution in [0.25, 0.3) is 0 Å². The van der Waals surface area contributed by atoms with Crippen LogP contribution in [0.3, 0.4) is 0 Å². The number of hydrogen-bond donors (Lipinski definition) is 1. The summed E-state index contributed by atoms with van der Waals surface area (Å²) in [5.74, 6) is 0.863. The first kappa shape index (κ1) is 15.3. The molecule has 20 heavy (non-hydrogen) atoms. The third-order valence-corrected chi connectivity index (χ3v) is 4.04. The van der Waals surface area contributed by atoms with Gasteiger partial charge in [0.1, 0.15) is 5.75 Å². The molecule has 1 fully saturated rings. The second-order valence-electron chi connectivity index (χ2n) is 5.75. The summed E-state index contributed by atoms with van der Waals surface area (Å²) in [6.45, 7) is 8.31. The average molecular weight is 278 g/mol. The van der Waals surface area contributed by atoms with Crippen molar-refractivity contribution in [2.45, 2.75) is 45.1 Å². The summed E-state index contributed by atoms with van der Waals surface area (Å²) >= 11 is 0. The SMILES string of the molecule is COc1ccc(C(N)C(C)N2CC(C)OC(C)C2)cc1. The van der Waals surface area contributed by atoms with Crippen molar-refractivity contribution < 1.29 is 9.47 Å². The fraction of sp³-hybridized carbons (Fsp3) is 0.625. The smallest absolute Gasteiger partial charge is 0.118 e. The maximum Gasteiger partial charge on any atom is 0.118 e. The van der Waals surface area contributed by atoms with E-state index in [0.29, 0.717) is 0 Å². The minimum absolute atomic E-state index is 0.00148. The minimum atomic E-state index is -0.00148. The second-order valence-corrected chi connectivity index (χ2v) is 5.75. The van der Waals surface area contributed by atoms with Crippen LogP contribution in [-0.4, -0.2) is 43.3 Å². The minimum Gasteiger partial charge on any atom is -0.497 e. The molecule has 2 rings (SSSR count). The van der Waals surface area contributed by atoms with Gasteiger partial charge in [-0.3, -0.25) is 4.90 Å². The zero-order valence-electron chi connectivity index (χ0n) is 12.9. The van der Waals surface area contributed by atoms with Crippen LogP contribution in [0, 0.1) is 0 Å². The van der Waals surface area contributed by atoms with E-state index in [1.807, 2.05) is 24.3 Å². The van der Waals surface area contributed by atoms with E-state index in [4.69, 9.17) is 15.2 Å². The van der Waals surface area contributed by atoms with Crippen molar-refractivity contribution in [3.05, 3.63) is 29.8 Å². The highest BCUT2D eigenvalue weighted by molar-refractivity contribution is 5.29. The molecule has 2 N–H and O–H groups in total. The first-order valence-corrected chi connectivity index (χ1v) is 7.30. The molecular weight excluding hydrogens is 252 g/mol. The van der Waals surface area contributed by atoms with Crippen LogP contribution >= 0.6 is 0 Å². The Bertz CT molecular complexity index is 411. The topological polar surface area (TPSA) is 47.7 Å². The monoisotopic (exact) mass is 278 g/mol. The van der Waals surface area contributed by atoms with Gasteiger partial charge < -0.3 is 15.2 Å². The number of nitrogens with two attached hydrogens (primary N) is 1. The Balaban J connectivity index is 2.04. The fourth-order valence-corrected chi connectivity index (χ4v) is 2.88. The Hall–Kier alpha value is -1.10. The molecule has 4 unspecified atom stereocenters. The van der Waals surface area contributed by atoms with Gasteiger partial charge in [-0.15, -0.1) is 0 Å². The van der Waals surface area contributed by atoms with E-state index in [1.165, 1.54) is 0 Å². The number of nitrogens with zero attached hydrogens (tertiary/aromatic N) is 1. The number of hydrogen-bond acceptors (Lipinski definition) is 4. The normalized spacial score (nSPS) is 27.1. The Kier molecular flexibility index (Phi) is 5.02. The van der Waals surface area contributed by atoms with Crippen molar-refractivity contribution >= 4 is 0 Å². The summed E-state index contributed by atoms with van der Waals surface area (Å²) < 4.78 is 11.0. The summed E-state index contributed by atoms with van der Waals surface area (Å²) in [5.41, 5.74) is 7.57. The van der Waals surface area contributed by atoms with E-state index in [2.05, 4.69) is 25.7 Å². The summed E-state index contributed by atoms with van der Waals surface area (Å²) in [7, 11) is 1.67. The number of benzene rings is 1. The molecular formula is C16H26N2O2. The predicted octanol–water partition coefficient (Wildman–Crippen LogP) is 2.19. The average Bonchev–Trinajstić information content (AvgIpc) is 2.45. The third kappa shape index (κ3) is 3.51. The van der Waals surface area contributed by atoms with Gasteiger partial charge >= 0.3 is 0 Å². The van der Waals surface area contributed by atoms with Gasteiger partial charge in [-0.2, -0.15) is 0 Å². The van der Waals surface area contributed by atoms with Crippen molar-refractivity contribution in [2.75, 3.05) is 20.2 Å². The van der Waals surface area contributed by atoms with Crippen LogP contribution in [0.5, 0.6) is 5.75 Å². The molecule has 1 aromatic carbocycles. The molecule has 1 saturated heterocycles. The van der Waals surface area contributed by atoms with Crippen LogP contribution < -0.4 is 10.5 Å². The first-order valence-electron chi connectivity index (χ1n) is 7.30. The van der Waals surface area contributed by atoms with Crippen molar-refractivity contribution in [1.82, 2.24) is 4.90 Å². The largest absolute Gasteiger partial charge is 0.497 e. The number of rotatable bonds is 4. The maximum atomic E-state index is 6.43. The van der Waals surface area contributed by atoms with Crippen molar-refractivity contribution in [3.63, 3.8) is 0 Å². The van der Waals surface area contributed by atoms with Crippen LogP contribution in [0.1, 0.15) is 32.4 Å². The molecule has 4 heteroatoms. The number of morpholine rings is 1. The molecule has 0 bridgehead atoms. The molecule has 112 valence electrons. The van der Waals surface area contributed by atoms with E-state index in [9.17, 15) is 0 Å². The molecule has 0 aliphatic carbocycles. The highest BCUT2D eigenvalue weighted by Crippen LogP contribution is 2.23. The summed E-state index contributed by atoms with van der Waals surface area (Å²) in [6, 6.07) is 8.31. The lowest BCUT2D eigenvalue weighted by Crippen LogP contribution is -2.52. The highest BCUT2D eigenvalue weighted by atomic mass is 16.5. The lowest BCUT2D eigenvalue weighted by atomic mass is 9.99. The van der Waals surface area contributed by atoms with Gasteiger partial charge in [0.25, 0.3) is 0 Å². The number of methoxy groups -OCH3 is 1. The molecule has 4 atom stereocenters. The molecule has 0 spiro atoms. The molecule has 4 nitrogen and oxygen atoms in total. The Morgan fingerprint density at radius 1 is 1.20 bits per heavy atom. The van der Waals surface area contributed by atoms with Crippen molar-refractivity contribution in [2.24, 2.45) is 5.73 Å². The van der Waals surface area contributed by atoms with Crippen molar-refractivity contribution in [1.29, 1.82) is 0 Å². The lowest BCUT2D eigenvalue weighted by Gasteiger charge is -2.41. The van der Waals surface area contributed by atoms with E-state index in [0.717, 1.165) is 24.4 Å². The van der Waals surface area contributed by atoms with E-state index in [1.54, 1.807) is 7.11 Å². The molecule has 1 heterocycles. The zero-order chi connectivity index (χ0) is 14.7. The maximum absolute atomic E-state index is 6.43. The van der Waals surface area contributed by atoms with Crippen molar-refractivity contribution in [3.8, 4) is 5.75 Å². The Morgan fingerprint density at radius 2 is 1.75 bits per heavy atom. The lowest BCUT2D eigenvalue weighted by molar-refractivity contribution is -0.0809. The molecule has 0 saturated carbocycles. The standard InChI is InChI=1S/C16H26N2O2/c1-11-9-18(10-12(2)20-11)13(3)16(17)14-5-7-15(19-4)8-6-14/h5-8,11-13,16H,9-10,17H2,1-4H3. The number of ether oxygens (including phenoxy) is 2. The molecule has 1 aliphatic heterocycles. The van der Waals surface area contributed by atoms with Gasteiger partial charge in [-0.05, 0) is 38.5 Å². The zero-order valence-corrected chi connectivity index (χ0v) is 12.9. The molecule has 0 aromatic heterocycles. The van der Waals surface area contributed by atoms with Crippen LogP contribution in [-0.2, 0) is 4.74 Å². The summed E-state index contributed by atoms with van der Waals surface area (Å²) in [6.07, 6.45) is 0.536. The first-order chi connectivity index (χ1) is 9.51. The van der Waals surface area contributed by atoms with Gasteiger partial charge in [0.2, 0.25) is 0 Å². The van der Waals surface area contributed by atoms with E-state index < -0.39 is 0 Å². The predicted molar refractivity (Wildman–Crippen MR) is 81.0 cm³/mol. The van der Waals surface area contributed by atoms with Crippen LogP contribution in [0.15, 0.2) is 24.3 Å². The Morgan fingerprint density at radius 3 is 2.25 bits per heavy atom. The summed E-state index contributed by atoms with van der Waals surface area (Å²) in [5, 5.41) is 0. The van der Waals surface area contributed by atoms with Gasteiger partial charge in [0.15, 0.2) is 0 Å². The highest BCUT2D eigenvalue weighted by Gasteiger charge is 2.29. The van der Waals surface area contributed by atoms with Crippen LogP contribution in [0.2, 0.25) is 0 Å². The Labute approximate surface area is 121 Å². The van der Waals surface area contributed by atoms with Gasteiger partial charge in [-0.25, -0.2) is 0 Å². The second kappa shape index (κ2) is 6.57. The summed E-state index contributed by atoms with van der Waals surface area (Å²) in [4.78, 5) is 2.42. The van der Waals surface area contributed by atoms with Gasteiger partial charge in [0.05, 0.1) is 19.3 Å². The van der Waals surface area contributed by atoms with E-state index >= 15 is 0 Å². The van der Waals surface area contributed by atoms with Gasteiger partial charge in [0, 0.05) is 25.2 Å².